The number of nitrogens with zero attached hydrogens (tertiary/aromatic N) is 3. The van der Waals surface area contributed by atoms with Crippen molar-refractivity contribution in [2.24, 2.45) is 7.05 Å². The maximum atomic E-state index is 5.45. The van der Waals surface area contributed by atoms with Crippen LogP contribution >= 0.6 is 11.8 Å². The van der Waals surface area contributed by atoms with E-state index < -0.39 is 0 Å². The maximum absolute atomic E-state index is 5.45. The van der Waals surface area contributed by atoms with Crippen molar-refractivity contribution >= 4 is 11.8 Å². The topological polar surface area (TPSA) is 49.2 Å². The predicted octanol–water partition coefficient (Wildman–Crippen LogP) is 1.70. The van der Waals surface area contributed by atoms with Crippen molar-refractivity contribution in [1.29, 1.82) is 0 Å². The molecule has 1 heterocycles. The van der Waals surface area contributed by atoms with Gasteiger partial charge in [0.15, 0.2) is 11.4 Å². The number of hydrogen-bond donors (Lipinski definition) is 0. The zero-order chi connectivity index (χ0) is 11.8. The Hall–Kier alpha value is -0.590. The molecule has 0 unspecified atom stereocenters. The fraction of sp³-hybridized carbons (Fsp3) is 0.800. The molecule has 1 aromatic heterocycles. The van der Waals surface area contributed by atoms with E-state index in [1.54, 1.807) is 18.1 Å². The van der Waals surface area contributed by atoms with Gasteiger partial charge in [0.2, 0.25) is 0 Å². The minimum absolute atomic E-state index is 0.101. The summed E-state index contributed by atoms with van der Waals surface area (Å²) in [7, 11) is 1.94. The van der Waals surface area contributed by atoms with Gasteiger partial charge in [-0.25, -0.2) is 0 Å². The van der Waals surface area contributed by atoms with Crippen LogP contribution in [0.15, 0.2) is 11.5 Å². The molecule has 0 radical (unpaired) electrons. The zero-order valence-corrected chi connectivity index (χ0v) is 10.9. The van der Waals surface area contributed by atoms with Crippen molar-refractivity contribution in [2.75, 3.05) is 19.0 Å². The molecule has 5 nitrogen and oxygen atoms in total. The molecule has 0 fully saturated rings. The molecule has 0 amide bonds. The van der Waals surface area contributed by atoms with Gasteiger partial charge in [0, 0.05) is 32.4 Å². The summed E-state index contributed by atoms with van der Waals surface area (Å²) in [6, 6.07) is 0. The van der Waals surface area contributed by atoms with Gasteiger partial charge in [-0.1, -0.05) is 11.8 Å². The third kappa shape index (κ3) is 4.51. The quantitative estimate of drug-likeness (QED) is 0.515. The maximum Gasteiger partial charge on any atom is 0.190 e. The molecule has 0 aromatic carbocycles. The number of rotatable bonds is 8. The second-order valence-electron chi connectivity index (χ2n) is 3.20. The molecule has 0 N–H and O–H groups in total. The zero-order valence-electron chi connectivity index (χ0n) is 10.0. The van der Waals surface area contributed by atoms with Gasteiger partial charge in [-0.3, -0.25) is 0 Å². The molecule has 6 heteroatoms. The summed E-state index contributed by atoms with van der Waals surface area (Å²) >= 11 is 1.66. The largest absolute Gasteiger partial charge is 0.353 e. The summed E-state index contributed by atoms with van der Waals surface area (Å²) < 4.78 is 12.8. The van der Waals surface area contributed by atoms with Crippen LogP contribution in [0.25, 0.3) is 0 Å². The lowest BCUT2D eigenvalue weighted by atomic mass is 10.5. The van der Waals surface area contributed by atoms with Crippen LogP contribution in [0.1, 0.15) is 20.3 Å². The fourth-order valence-corrected chi connectivity index (χ4v) is 2.08. The lowest BCUT2D eigenvalue weighted by molar-refractivity contribution is -0.136. The number of aryl methyl sites for hydroxylation is 1. The SMILES string of the molecule is CCOC(CCSc1nncn1C)OCC. The van der Waals surface area contributed by atoms with E-state index in [2.05, 4.69) is 10.2 Å². The van der Waals surface area contributed by atoms with Gasteiger partial charge in [-0.2, -0.15) is 0 Å². The third-order valence-corrected chi connectivity index (χ3v) is 3.03. The Balaban J connectivity index is 2.24. The summed E-state index contributed by atoms with van der Waals surface area (Å²) in [5.74, 6) is 0.914. The van der Waals surface area contributed by atoms with Crippen LogP contribution in [-0.4, -0.2) is 40.0 Å². The Bertz CT molecular complexity index is 287. The fourth-order valence-electron chi connectivity index (χ4n) is 1.24. The van der Waals surface area contributed by atoms with E-state index in [0.29, 0.717) is 13.2 Å². The van der Waals surface area contributed by atoms with Crippen LogP contribution in [0, 0.1) is 0 Å². The van der Waals surface area contributed by atoms with Crippen LogP contribution in [0.3, 0.4) is 0 Å². The molecule has 16 heavy (non-hydrogen) atoms. The van der Waals surface area contributed by atoms with Gasteiger partial charge in [0.1, 0.15) is 6.33 Å². The lowest BCUT2D eigenvalue weighted by Gasteiger charge is -2.16. The Morgan fingerprint density at radius 2 is 2.06 bits per heavy atom. The molecule has 92 valence electrons. The number of thioether (sulfide) groups is 1. The van der Waals surface area contributed by atoms with Gasteiger partial charge >= 0.3 is 0 Å². The summed E-state index contributed by atoms with van der Waals surface area (Å²) in [5, 5.41) is 8.74. The van der Waals surface area contributed by atoms with Crippen molar-refractivity contribution < 1.29 is 9.47 Å². The monoisotopic (exact) mass is 245 g/mol. The molecule has 0 spiro atoms. The molecular weight excluding hydrogens is 226 g/mol. The van der Waals surface area contributed by atoms with Crippen LogP contribution in [-0.2, 0) is 16.5 Å². The van der Waals surface area contributed by atoms with E-state index in [0.717, 1.165) is 17.3 Å². The van der Waals surface area contributed by atoms with Gasteiger partial charge in [0.05, 0.1) is 0 Å². The summed E-state index contributed by atoms with van der Waals surface area (Å²) in [6.45, 7) is 5.31. The normalized spacial score (nSPS) is 11.2. The van der Waals surface area contributed by atoms with E-state index in [9.17, 15) is 0 Å². The van der Waals surface area contributed by atoms with Gasteiger partial charge < -0.3 is 14.0 Å². The molecule has 1 rings (SSSR count). The highest BCUT2D eigenvalue weighted by Crippen LogP contribution is 2.16. The van der Waals surface area contributed by atoms with Crippen LogP contribution in [0.2, 0.25) is 0 Å². The molecule has 0 aliphatic rings. The second-order valence-corrected chi connectivity index (χ2v) is 4.26. The smallest absolute Gasteiger partial charge is 0.190 e. The van der Waals surface area contributed by atoms with Crippen molar-refractivity contribution in [2.45, 2.75) is 31.7 Å². The minimum atomic E-state index is -0.101. The predicted molar refractivity (Wildman–Crippen MR) is 63.4 cm³/mol. The Morgan fingerprint density at radius 3 is 2.56 bits per heavy atom. The molecule has 0 aliphatic heterocycles. The van der Waals surface area contributed by atoms with E-state index in [1.165, 1.54) is 0 Å². The molecule has 0 saturated heterocycles. The van der Waals surface area contributed by atoms with Gasteiger partial charge in [-0.05, 0) is 13.8 Å². The highest BCUT2D eigenvalue weighted by molar-refractivity contribution is 7.99. The van der Waals surface area contributed by atoms with E-state index in [4.69, 9.17) is 9.47 Å². The average molecular weight is 245 g/mol. The Morgan fingerprint density at radius 1 is 1.38 bits per heavy atom. The van der Waals surface area contributed by atoms with Crippen molar-refractivity contribution in [3.8, 4) is 0 Å². The van der Waals surface area contributed by atoms with Crippen LogP contribution in [0.4, 0.5) is 0 Å². The number of ether oxygens (including phenoxy) is 2. The first-order valence-electron chi connectivity index (χ1n) is 5.47. The molecule has 0 aliphatic carbocycles. The van der Waals surface area contributed by atoms with Gasteiger partial charge in [0.25, 0.3) is 0 Å². The van der Waals surface area contributed by atoms with Crippen LogP contribution < -0.4 is 0 Å². The first-order valence-corrected chi connectivity index (χ1v) is 6.46. The van der Waals surface area contributed by atoms with E-state index >= 15 is 0 Å². The number of aromatic nitrogens is 3. The van der Waals surface area contributed by atoms with Crippen molar-refractivity contribution in [3.05, 3.63) is 6.33 Å². The lowest BCUT2D eigenvalue weighted by Crippen LogP contribution is -2.18. The van der Waals surface area contributed by atoms with Crippen molar-refractivity contribution in [1.82, 2.24) is 14.8 Å². The number of hydrogen-bond acceptors (Lipinski definition) is 5. The second kappa shape index (κ2) is 7.65. The standard InChI is InChI=1S/C10H19N3O2S/c1-4-14-9(15-5-2)6-7-16-10-12-11-8-13(10)3/h8-9H,4-7H2,1-3H3. The van der Waals surface area contributed by atoms with E-state index in [-0.39, 0.29) is 6.29 Å². The summed E-state index contributed by atoms with van der Waals surface area (Å²) in [6.07, 6.45) is 2.46. The first kappa shape index (κ1) is 13.5. The van der Waals surface area contributed by atoms with Crippen LogP contribution in [0.5, 0.6) is 0 Å². The molecule has 0 bridgehead atoms. The Kier molecular flexibility index (Phi) is 6.44. The summed E-state index contributed by atoms with van der Waals surface area (Å²) in [5.41, 5.74) is 0. The molecule has 1 aromatic rings. The first-order chi connectivity index (χ1) is 7.77. The summed E-state index contributed by atoms with van der Waals surface area (Å²) in [4.78, 5) is 0. The molecular formula is C10H19N3O2S. The van der Waals surface area contributed by atoms with Gasteiger partial charge in [-0.15, -0.1) is 10.2 Å². The molecule has 0 atom stereocenters. The highest BCUT2D eigenvalue weighted by Gasteiger charge is 2.09. The third-order valence-electron chi connectivity index (χ3n) is 1.96. The average Bonchev–Trinajstić information content (AvgIpc) is 2.65. The minimum Gasteiger partial charge on any atom is -0.353 e. The molecule has 0 saturated carbocycles. The van der Waals surface area contributed by atoms with E-state index in [1.807, 2.05) is 25.5 Å². The Labute approximate surface area is 101 Å². The van der Waals surface area contributed by atoms with Crippen molar-refractivity contribution in [3.63, 3.8) is 0 Å². The highest BCUT2D eigenvalue weighted by atomic mass is 32.2.